The number of hydrogen-bond acceptors (Lipinski definition) is 1. The normalized spacial score (nSPS) is 12.6. The molecule has 0 spiro atoms. The number of benzene rings is 1. The summed E-state index contributed by atoms with van der Waals surface area (Å²) < 4.78 is 5.87. The predicted molar refractivity (Wildman–Crippen MR) is 74.6 cm³/mol. The molecule has 0 radical (unpaired) electrons. The van der Waals surface area contributed by atoms with E-state index < -0.39 is 0 Å². The van der Waals surface area contributed by atoms with Crippen LogP contribution in [0.5, 0.6) is 5.75 Å². The van der Waals surface area contributed by atoms with Crippen molar-refractivity contribution in [3.8, 4) is 5.75 Å². The number of rotatable bonds is 3. The van der Waals surface area contributed by atoms with Gasteiger partial charge in [-0.1, -0.05) is 32.9 Å². The molecule has 1 aromatic carbocycles. The molecular formula is C16H26O. The summed E-state index contributed by atoms with van der Waals surface area (Å²) in [7, 11) is 0. The molecule has 0 aliphatic heterocycles. The summed E-state index contributed by atoms with van der Waals surface area (Å²) in [5.41, 5.74) is 1.63. The second-order valence-corrected chi connectivity index (χ2v) is 6.92. The van der Waals surface area contributed by atoms with Crippen LogP contribution in [-0.2, 0) is 6.42 Å². The quantitative estimate of drug-likeness (QED) is 0.727. The molecule has 0 N–H and O–H groups in total. The van der Waals surface area contributed by atoms with E-state index >= 15 is 0 Å². The van der Waals surface area contributed by atoms with E-state index in [1.807, 2.05) is 6.07 Å². The first-order valence-corrected chi connectivity index (χ1v) is 6.44. The lowest BCUT2D eigenvalue weighted by atomic mass is 9.89. The van der Waals surface area contributed by atoms with E-state index in [4.69, 9.17) is 4.74 Å². The molecule has 0 atom stereocenters. The van der Waals surface area contributed by atoms with Crippen molar-refractivity contribution in [3.05, 3.63) is 29.8 Å². The van der Waals surface area contributed by atoms with Crippen molar-refractivity contribution in [1.82, 2.24) is 0 Å². The van der Waals surface area contributed by atoms with Crippen molar-refractivity contribution in [1.29, 1.82) is 0 Å². The van der Waals surface area contributed by atoms with E-state index in [1.54, 1.807) is 0 Å². The van der Waals surface area contributed by atoms with Crippen molar-refractivity contribution < 1.29 is 4.74 Å². The van der Waals surface area contributed by atoms with E-state index in [-0.39, 0.29) is 5.60 Å². The monoisotopic (exact) mass is 234 g/mol. The lowest BCUT2D eigenvalue weighted by Crippen LogP contribution is -2.22. The van der Waals surface area contributed by atoms with Gasteiger partial charge < -0.3 is 4.74 Å². The van der Waals surface area contributed by atoms with Gasteiger partial charge in [-0.2, -0.15) is 0 Å². The first-order valence-electron chi connectivity index (χ1n) is 6.44. The molecule has 0 amide bonds. The summed E-state index contributed by atoms with van der Waals surface area (Å²) >= 11 is 0. The predicted octanol–water partition coefficient (Wildman–Crippen LogP) is 4.84. The fraction of sp³-hybridized carbons (Fsp3) is 0.625. The van der Waals surface area contributed by atoms with Crippen LogP contribution in [0.15, 0.2) is 24.3 Å². The van der Waals surface area contributed by atoms with Crippen LogP contribution in [0, 0.1) is 5.41 Å². The molecule has 0 saturated carbocycles. The summed E-state index contributed by atoms with van der Waals surface area (Å²) in [5.74, 6) is 0.976. The molecule has 0 aliphatic rings. The number of ether oxygens (including phenoxy) is 1. The molecule has 0 heterocycles. The zero-order valence-corrected chi connectivity index (χ0v) is 12.1. The second kappa shape index (κ2) is 5.12. The van der Waals surface area contributed by atoms with Crippen molar-refractivity contribution in [2.45, 2.75) is 60.0 Å². The number of aryl methyl sites for hydroxylation is 1. The maximum Gasteiger partial charge on any atom is 0.120 e. The molecule has 17 heavy (non-hydrogen) atoms. The lowest BCUT2D eigenvalue weighted by Gasteiger charge is -2.22. The highest BCUT2D eigenvalue weighted by molar-refractivity contribution is 5.29. The highest BCUT2D eigenvalue weighted by atomic mass is 16.5. The maximum absolute atomic E-state index is 5.87. The van der Waals surface area contributed by atoms with Crippen LogP contribution < -0.4 is 4.74 Å². The van der Waals surface area contributed by atoms with Gasteiger partial charge in [-0.3, -0.25) is 0 Å². The summed E-state index contributed by atoms with van der Waals surface area (Å²) in [4.78, 5) is 0. The largest absolute Gasteiger partial charge is 0.488 e. The molecule has 1 nitrogen and oxygen atoms in total. The number of hydrogen-bond donors (Lipinski definition) is 0. The molecule has 1 aromatic rings. The van der Waals surface area contributed by atoms with Crippen molar-refractivity contribution in [3.63, 3.8) is 0 Å². The van der Waals surface area contributed by atoms with Crippen LogP contribution in [-0.4, -0.2) is 5.60 Å². The topological polar surface area (TPSA) is 9.23 Å². The Morgan fingerprint density at radius 3 is 2.18 bits per heavy atom. The summed E-state index contributed by atoms with van der Waals surface area (Å²) in [6.45, 7) is 13.1. The standard InChI is InChI=1S/C16H26O/c1-15(2,3)11-10-13-8-7-9-14(12-13)17-16(4,5)6/h7-9,12H,10-11H2,1-6H3. The van der Waals surface area contributed by atoms with Crippen molar-refractivity contribution >= 4 is 0 Å². The minimum Gasteiger partial charge on any atom is -0.488 e. The van der Waals surface area contributed by atoms with E-state index in [0.29, 0.717) is 5.41 Å². The molecule has 0 fully saturated rings. The highest BCUT2D eigenvalue weighted by Gasteiger charge is 2.13. The Hall–Kier alpha value is -0.980. The maximum atomic E-state index is 5.87. The third-order valence-electron chi connectivity index (χ3n) is 2.49. The molecule has 0 aliphatic carbocycles. The van der Waals surface area contributed by atoms with Gasteiger partial charge in [0.15, 0.2) is 0 Å². The molecular weight excluding hydrogens is 208 g/mol. The molecule has 0 saturated heterocycles. The van der Waals surface area contributed by atoms with Crippen molar-refractivity contribution in [2.75, 3.05) is 0 Å². The average molecular weight is 234 g/mol. The van der Waals surface area contributed by atoms with Crippen molar-refractivity contribution in [2.24, 2.45) is 5.41 Å². The van der Waals surface area contributed by atoms with Crippen LogP contribution >= 0.6 is 0 Å². The smallest absolute Gasteiger partial charge is 0.120 e. The van der Waals surface area contributed by atoms with Crippen LogP contribution in [0.2, 0.25) is 0 Å². The van der Waals surface area contributed by atoms with Gasteiger partial charge in [-0.05, 0) is 56.7 Å². The summed E-state index contributed by atoms with van der Waals surface area (Å²) in [6, 6.07) is 8.46. The SMILES string of the molecule is CC(C)(C)CCc1cccc(OC(C)(C)C)c1. The third kappa shape index (κ3) is 6.35. The van der Waals surface area contributed by atoms with Gasteiger partial charge in [0.25, 0.3) is 0 Å². The molecule has 1 heteroatoms. The van der Waals surface area contributed by atoms with Gasteiger partial charge in [-0.25, -0.2) is 0 Å². The first-order chi connectivity index (χ1) is 7.66. The minimum atomic E-state index is -0.122. The zero-order chi connectivity index (χ0) is 13.1. The van der Waals surface area contributed by atoms with E-state index in [1.165, 1.54) is 12.0 Å². The Morgan fingerprint density at radius 1 is 1.00 bits per heavy atom. The molecule has 0 bridgehead atoms. The lowest BCUT2D eigenvalue weighted by molar-refractivity contribution is 0.131. The molecule has 1 rings (SSSR count). The van der Waals surface area contributed by atoms with Gasteiger partial charge in [0.05, 0.1) is 0 Å². The first kappa shape index (κ1) is 14.1. The summed E-state index contributed by atoms with van der Waals surface area (Å²) in [6.07, 6.45) is 2.32. The Morgan fingerprint density at radius 2 is 1.65 bits per heavy atom. The van der Waals surface area contributed by atoms with E-state index in [0.717, 1.165) is 12.2 Å². The fourth-order valence-corrected chi connectivity index (χ4v) is 1.64. The Kier molecular flexibility index (Phi) is 4.24. The highest BCUT2D eigenvalue weighted by Crippen LogP contribution is 2.24. The second-order valence-electron chi connectivity index (χ2n) is 6.92. The van der Waals surface area contributed by atoms with Gasteiger partial charge in [0.1, 0.15) is 11.4 Å². The molecule has 96 valence electrons. The van der Waals surface area contributed by atoms with Crippen LogP contribution in [0.1, 0.15) is 53.5 Å². The average Bonchev–Trinajstić information content (AvgIpc) is 2.11. The van der Waals surface area contributed by atoms with Gasteiger partial charge in [-0.15, -0.1) is 0 Å². The molecule has 0 aromatic heterocycles. The van der Waals surface area contributed by atoms with Gasteiger partial charge >= 0.3 is 0 Å². The van der Waals surface area contributed by atoms with Crippen LogP contribution in [0.4, 0.5) is 0 Å². The van der Waals surface area contributed by atoms with Crippen LogP contribution in [0.3, 0.4) is 0 Å². The Labute approximate surface area is 106 Å². The van der Waals surface area contributed by atoms with Gasteiger partial charge in [0.2, 0.25) is 0 Å². The summed E-state index contributed by atoms with van der Waals surface area (Å²) in [5, 5.41) is 0. The fourth-order valence-electron chi connectivity index (χ4n) is 1.64. The van der Waals surface area contributed by atoms with E-state index in [9.17, 15) is 0 Å². The Bertz CT molecular complexity index is 353. The third-order valence-corrected chi connectivity index (χ3v) is 2.49. The van der Waals surface area contributed by atoms with E-state index in [2.05, 4.69) is 59.7 Å². The zero-order valence-electron chi connectivity index (χ0n) is 12.1. The molecule has 0 unspecified atom stereocenters. The van der Waals surface area contributed by atoms with Crippen LogP contribution in [0.25, 0.3) is 0 Å². The van der Waals surface area contributed by atoms with Gasteiger partial charge in [0, 0.05) is 0 Å². The minimum absolute atomic E-state index is 0.122. The Balaban J connectivity index is 2.66.